The number of aliphatic imine (C=N–C) groups is 1. The Kier molecular flexibility index (Phi) is 63.3. The SMILES string of the molecule is CC(C)C(=NOC(C)(C)C)C(C)C.CC(C)C(C)C(C)C.CC(C)C(C)C(C)C.CCC.CCON=C(C(C)C)C(C)C.CCON=C(C(C)C)C(C)C.CN=C(C(C)C)C(C)C.CON=C(C(C)C)C(C)C. The van der Waals surface area contributed by atoms with E-state index >= 15 is 0 Å². The van der Waals surface area contributed by atoms with E-state index in [1.165, 1.54) is 12.1 Å². The van der Waals surface area contributed by atoms with Crippen molar-refractivity contribution in [2.24, 2.45) is 120 Å². The minimum absolute atomic E-state index is 0.185. The summed E-state index contributed by atoms with van der Waals surface area (Å²) in [5, 5.41) is 16.3. The van der Waals surface area contributed by atoms with Crippen LogP contribution in [0.4, 0.5) is 0 Å². The van der Waals surface area contributed by atoms with Crippen LogP contribution in [0.5, 0.6) is 0 Å². The highest BCUT2D eigenvalue weighted by Crippen LogP contribution is 2.19. The highest BCUT2D eigenvalue weighted by Gasteiger charge is 2.16. The lowest BCUT2D eigenvalue weighted by atomic mass is 9.88. The van der Waals surface area contributed by atoms with Crippen LogP contribution in [-0.4, -0.2) is 61.5 Å². The van der Waals surface area contributed by atoms with Gasteiger partial charge in [0.25, 0.3) is 0 Å². The maximum Gasteiger partial charge on any atom is 0.129 e. The van der Waals surface area contributed by atoms with Gasteiger partial charge >= 0.3 is 0 Å². The second-order valence-electron chi connectivity index (χ2n) is 24.9. The van der Waals surface area contributed by atoms with Crippen LogP contribution in [-0.2, 0) is 19.4 Å². The molecule has 0 amide bonds. The van der Waals surface area contributed by atoms with Gasteiger partial charge in [-0.3, -0.25) is 4.99 Å². The summed E-state index contributed by atoms with van der Waals surface area (Å²) in [5.74, 6) is 10.2. The molecule has 0 aromatic rings. The summed E-state index contributed by atoms with van der Waals surface area (Å²) in [7, 11) is 3.46. The summed E-state index contributed by atoms with van der Waals surface area (Å²) in [6, 6.07) is 0. The highest BCUT2D eigenvalue weighted by molar-refractivity contribution is 5.89. The molecule has 0 radical (unpaired) electrons. The smallest absolute Gasteiger partial charge is 0.129 e. The first-order valence-corrected chi connectivity index (χ1v) is 29.4. The molecule has 0 aliphatic carbocycles. The van der Waals surface area contributed by atoms with Crippen molar-refractivity contribution in [3.8, 4) is 0 Å². The van der Waals surface area contributed by atoms with Crippen LogP contribution >= 0.6 is 0 Å². The number of rotatable bonds is 20. The molecule has 0 aliphatic rings. The standard InChI is InChI=1S/C11H23NO.2C9H19NO.C8H17NO.C8H17N.2C8H18.C3H8/c1-8(2)10(9(3)4)12-13-11(5,6)7;2*1-6-11-10-9(7(2)3)8(4)5;1-6(2)8(7(3)4)9-10-5;1-6(2)8(9-5)7(3)4;2*1-6(2)8(5)7(3)4;1-3-2/h8-9H,1-7H3;2*7-8H,6H2,1-5H3;6-7H,1-5H3;6-7H,1-5H3;2*6-8H,1-5H3;3H2,1-2H3. The van der Waals surface area contributed by atoms with Gasteiger partial charge < -0.3 is 19.4 Å². The molecule has 73 heavy (non-hydrogen) atoms. The van der Waals surface area contributed by atoms with Gasteiger partial charge in [0.15, 0.2) is 0 Å². The van der Waals surface area contributed by atoms with Gasteiger partial charge in [-0.1, -0.05) is 249 Å². The Bertz CT molecular complexity index is 1210. The van der Waals surface area contributed by atoms with Crippen molar-refractivity contribution in [1.29, 1.82) is 0 Å². The van der Waals surface area contributed by atoms with E-state index in [0.717, 1.165) is 58.4 Å². The van der Waals surface area contributed by atoms with Crippen LogP contribution in [0.15, 0.2) is 25.6 Å². The van der Waals surface area contributed by atoms with Crippen molar-refractivity contribution in [3.05, 3.63) is 0 Å². The van der Waals surface area contributed by atoms with Crippen molar-refractivity contribution in [2.45, 2.75) is 268 Å². The molecule has 9 heteroatoms. The predicted molar refractivity (Wildman–Crippen MR) is 336 cm³/mol. The molecule has 444 valence electrons. The maximum absolute atomic E-state index is 5.40. The van der Waals surface area contributed by atoms with Crippen LogP contribution in [0, 0.1) is 94.7 Å². The summed E-state index contributed by atoms with van der Waals surface area (Å²) in [6.07, 6.45) is 1.25. The summed E-state index contributed by atoms with van der Waals surface area (Å²) in [4.78, 5) is 24.3. The van der Waals surface area contributed by atoms with Crippen molar-refractivity contribution in [2.75, 3.05) is 27.4 Å². The molecule has 0 unspecified atom stereocenters. The highest BCUT2D eigenvalue weighted by atomic mass is 16.6. The minimum atomic E-state index is -0.185. The van der Waals surface area contributed by atoms with E-state index in [0.29, 0.717) is 72.4 Å². The van der Waals surface area contributed by atoms with Crippen LogP contribution in [0.1, 0.15) is 263 Å². The number of oxime groups is 4. The Morgan fingerprint density at radius 3 is 0.616 bits per heavy atom. The Morgan fingerprint density at radius 2 is 0.521 bits per heavy atom. The van der Waals surface area contributed by atoms with Gasteiger partial charge in [0.2, 0.25) is 0 Å². The van der Waals surface area contributed by atoms with Crippen molar-refractivity contribution in [3.63, 3.8) is 0 Å². The third kappa shape index (κ3) is 60.3. The molecular weight excluding hydrogens is 903 g/mol. The summed E-state index contributed by atoms with van der Waals surface area (Å²) in [5.41, 5.74) is 5.68. The van der Waals surface area contributed by atoms with Gasteiger partial charge in [-0.2, -0.15) is 0 Å². The average Bonchev–Trinajstić information content (AvgIpc) is 3.22. The number of hydrogen-bond acceptors (Lipinski definition) is 9. The summed E-state index contributed by atoms with van der Waals surface area (Å²) < 4.78 is 0. The van der Waals surface area contributed by atoms with Gasteiger partial charge in [-0.15, -0.1) is 0 Å². The molecule has 0 rings (SSSR count). The first-order chi connectivity index (χ1) is 33.1. The molecule has 0 spiro atoms. The first-order valence-electron chi connectivity index (χ1n) is 29.4. The van der Waals surface area contributed by atoms with E-state index in [1.807, 2.05) is 41.7 Å². The Hall–Kier alpha value is -2.45. The van der Waals surface area contributed by atoms with Gasteiger partial charge in [0.05, 0.1) is 22.8 Å². The first kappa shape index (κ1) is 87.2. The molecule has 0 aromatic heterocycles. The molecule has 9 nitrogen and oxygen atoms in total. The van der Waals surface area contributed by atoms with E-state index in [-0.39, 0.29) is 5.60 Å². The molecule has 0 heterocycles. The van der Waals surface area contributed by atoms with E-state index in [2.05, 4.69) is 247 Å². The lowest BCUT2D eigenvalue weighted by molar-refractivity contribution is -0.000608. The topological polar surface area (TPSA) is 98.7 Å². The van der Waals surface area contributed by atoms with E-state index < -0.39 is 0 Å². The molecule has 0 atom stereocenters. The molecular formula is C64H139N5O4. The Morgan fingerprint density at radius 1 is 0.329 bits per heavy atom. The Labute approximate surface area is 462 Å². The zero-order valence-electron chi connectivity index (χ0n) is 57.2. The fourth-order valence-corrected chi connectivity index (χ4v) is 6.81. The second kappa shape index (κ2) is 53.0. The van der Waals surface area contributed by atoms with Crippen molar-refractivity contribution >= 4 is 28.6 Å². The van der Waals surface area contributed by atoms with Crippen molar-refractivity contribution in [1.82, 2.24) is 0 Å². The number of hydrogen-bond donors (Lipinski definition) is 0. The molecule has 0 aromatic carbocycles. The van der Waals surface area contributed by atoms with Gasteiger partial charge in [-0.05, 0) is 129 Å². The quantitative estimate of drug-likeness (QED) is 0.0896. The van der Waals surface area contributed by atoms with Crippen LogP contribution in [0.3, 0.4) is 0 Å². The minimum Gasteiger partial charge on any atom is -0.399 e. The lowest BCUT2D eigenvalue weighted by Crippen LogP contribution is -2.21. The fraction of sp³-hybridized carbons (Fsp3) is 0.922. The van der Waals surface area contributed by atoms with Crippen LogP contribution in [0.2, 0.25) is 0 Å². The second-order valence-corrected chi connectivity index (χ2v) is 24.9. The van der Waals surface area contributed by atoms with E-state index in [4.69, 9.17) is 19.4 Å². The summed E-state index contributed by atoms with van der Waals surface area (Å²) >= 11 is 0. The number of nitrogens with zero attached hydrogens (tertiary/aromatic N) is 5. The molecule has 0 bridgehead atoms. The van der Waals surface area contributed by atoms with Gasteiger partial charge in [0, 0.05) is 12.8 Å². The molecule has 0 aliphatic heterocycles. The van der Waals surface area contributed by atoms with E-state index in [1.54, 1.807) is 7.11 Å². The van der Waals surface area contributed by atoms with Crippen LogP contribution in [0.25, 0.3) is 0 Å². The zero-order valence-corrected chi connectivity index (χ0v) is 57.2. The third-order valence-electron chi connectivity index (χ3n) is 11.6. The molecule has 0 saturated carbocycles. The molecule has 0 fully saturated rings. The van der Waals surface area contributed by atoms with Crippen LogP contribution < -0.4 is 0 Å². The van der Waals surface area contributed by atoms with Gasteiger partial charge in [0.1, 0.15) is 25.9 Å². The normalized spacial score (nSPS) is 10.9. The van der Waals surface area contributed by atoms with E-state index in [9.17, 15) is 0 Å². The zero-order chi connectivity index (χ0) is 60.1. The molecule has 0 saturated heterocycles. The monoisotopic (exact) mass is 1040 g/mol. The maximum atomic E-state index is 5.40. The van der Waals surface area contributed by atoms with Crippen molar-refractivity contribution < 1.29 is 19.4 Å². The lowest BCUT2D eigenvalue weighted by Gasteiger charge is -2.19. The fourth-order valence-electron chi connectivity index (χ4n) is 6.81. The Balaban J connectivity index is -0.000000112. The average molecular weight is 1040 g/mol. The predicted octanol–water partition coefficient (Wildman–Crippen LogP) is 20.8. The van der Waals surface area contributed by atoms with Gasteiger partial charge in [-0.25, -0.2) is 0 Å². The third-order valence-corrected chi connectivity index (χ3v) is 11.6. The molecule has 0 N–H and O–H groups in total. The summed E-state index contributed by atoms with van der Waals surface area (Å²) in [6.45, 7) is 81.3. The largest absolute Gasteiger partial charge is 0.399 e.